The van der Waals surface area contributed by atoms with E-state index in [0.717, 1.165) is 32.1 Å². The molecular weight excluding hydrogens is 698 g/mol. The highest BCUT2D eigenvalue weighted by Gasteiger charge is 2.44. The topological polar surface area (TPSA) is 169 Å². The summed E-state index contributed by atoms with van der Waals surface area (Å²) in [6, 6.07) is -0.991. The van der Waals surface area contributed by atoms with E-state index in [2.05, 4.69) is 31.3 Å². The van der Waals surface area contributed by atoms with Crippen LogP contribution < -0.4 is 5.32 Å². The normalized spacial score (nSPS) is 22.1. The first-order valence-electron chi connectivity index (χ1n) is 22.7. The Morgan fingerprint density at radius 1 is 0.618 bits per heavy atom. The van der Waals surface area contributed by atoms with Crippen LogP contribution in [0.5, 0.6) is 0 Å². The molecule has 0 aromatic rings. The maximum absolute atomic E-state index is 13.0. The van der Waals surface area contributed by atoms with Gasteiger partial charge >= 0.3 is 0 Å². The summed E-state index contributed by atoms with van der Waals surface area (Å²) in [5.74, 6) is -0.625. The lowest BCUT2D eigenvalue weighted by Gasteiger charge is -2.40. The van der Waals surface area contributed by atoms with E-state index in [1.54, 1.807) is 6.08 Å². The highest BCUT2D eigenvalue weighted by Crippen LogP contribution is 2.23. The average Bonchev–Trinajstić information content (AvgIpc) is 3.18. The van der Waals surface area contributed by atoms with Crippen molar-refractivity contribution in [3.63, 3.8) is 0 Å². The molecule has 10 nitrogen and oxygen atoms in total. The molecule has 1 heterocycles. The summed E-state index contributed by atoms with van der Waals surface area (Å²) in [6.07, 6.45) is 31.2. The molecule has 8 unspecified atom stereocenters. The first-order chi connectivity index (χ1) is 26.8. The molecule has 1 aliphatic rings. The number of hydrogen-bond donors (Lipinski definition) is 7. The zero-order valence-electron chi connectivity index (χ0n) is 35.0. The van der Waals surface area contributed by atoms with Crippen molar-refractivity contribution in [1.29, 1.82) is 0 Å². The van der Waals surface area contributed by atoms with Crippen molar-refractivity contribution in [3.05, 3.63) is 24.3 Å². The number of rotatable bonds is 37. The molecule has 0 spiro atoms. The van der Waals surface area contributed by atoms with E-state index < -0.39 is 61.5 Å². The molecule has 7 N–H and O–H groups in total. The molecule has 0 aliphatic carbocycles. The fraction of sp³-hybridized carbons (Fsp3) is 0.889. The summed E-state index contributed by atoms with van der Waals surface area (Å²) < 4.78 is 11.1. The second-order valence-electron chi connectivity index (χ2n) is 16.0. The Morgan fingerprint density at radius 2 is 1.07 bits per heavy atom. The third kappa shape index (κ3) is 26.3. The van der Waals surface area contributed by atoms with Crippen LogP contribution in [0.15, 0.2) is 24.3 Å². The van der Waals surface area contributed by atoms with Crippen molar-refractivity contribution in [2.75, 3.05) is 13.2 Å². The molecule has 1 saturated heterocycles. The van der Waals surface area contributed by atoms with Gasteiger partial charge in [0.1, 0.15) is 30.5 Å². The number of carbonyl (C=O) groups excluding carboxylic acids is 1. The summed E-state index contributed by atoms with van der Waals surface area (Å²) in [5, 5.41) is 64.5. The Labute approximate surface area is 335 Å². The number of aliphatic hydroxyl groups excluding tert-OH is 6. The predicted octanol–water partition coefficient (Wildman–Crippen LogP) is 8.08. The van der Waals surface area contributed by atoms with Crippen LogP contribution in [0.4, 0.5) is 0 Å². The van der Waals surface area contributed by atoms with Crippen LogP contribution in [-0.2, 0) is 14.3 Å². The van der Waals surface area contributed by atoms with E-state index in [4.69, 9.17) is 9.47 Å². The van der Waals surface area contributed by atoms with E-state index in [-0.39, 0.29) is 6.61 Å². The number of amides is 1. The van der Waals surface area contributed by atoms with Crippen LogP contribution in [0.25, 0.3) is 0 Å². The zero-order valence-corrected chi connectivity index (χ0v) is 35.0. The molecule has 0 radical (unpaired) electrons. The molecule has 8 atom stereocenters. The number of unbranched alkanes of at least 4 members (excludes halogenated alkanes) is 24. The zero-order chi connectivity index (χ0) is 40.4. The first kappa shape index (κ1) is 51.6. The van der Waals surface area contributed by atoms with Gasteiger partial charge in [-0.1, -0.05) is 186 Å². The fourth-order valence-corrected chi connectivity index (χ4v) is 7.12. The monoisotopic (exact) mass is 784 g/mol. The Morgan fingerprint density at radius 3 is 1.58 bits per heavy atom. The minimum absolute atomic E-state index is 0.307. The largest absolute Gasteiger partial charge is 0.394 e. The van der Waals surface area contributed by atoms with Gasteiger partial charge in [0.2, 0.25) is 5.91 Å². The highest BCUT2D eigenvalue weighted by molar-refractivity contribution is 5.80. The van der Waals surface area contributed by atoms with E-state index in [1.807, 2.05) is 6.08 Å². The average molecular weight is 784 g/mol. The van der Waals surface area contributed by atoms with Gasteiger partial charge in [-0.2, -0.15) is 0 Å². The summed E-state index contributed by atoms with van der Waals surface area (Å²) in [6.45, 7) is 3.58. The SMILES string of the molecule is CCCCCCCCC/C=C/CC/C=C/C(O)C(COC1OC(CO)C(O)C(O)C1O)NC(=O)C(O)CCCCCCCCCCCCCCCCCCC. The maximum atomic E-state index is 13.0. The molecule has 0 bridgehead atoms. The van der Waals surface area contributed by atoms with Gasteiger partial charge in [-0.25, -0.2) is 0 Å². The van der Waals surface area contributed by atoms with Gasteiger partial charge in [-0.15, -0.1) is 0 Å². The number of nitrogens with one attached hydrogen (secondary N) is 1. The van der Waals surface area contributed by atoms with E-state index in [1.165, 1.54) is 128 Å². The van der Waals surface area contributed by atoms with Gasteiger partial charge in [0.25, 0.3) is 0 Å². The smallest absolute Gasteiger partial charge is 0.249 e. The van der Waals surface area contributed by atoms with E-state index in [9.17, 15) is 35.4 Å². The molecule has 55 heavy (non-hydrogen) atoms. The Bertz CT molecular complexity index is 932. The van der Waals surface area contributed by atoms with Gasteiger partial charge < -0.3 is 45.4 Å². The second kappa shape index (κ2) is 35.8. The van der Waals surface area contributed by atoms with Crippen molar-refractivity contribution in [1.82, 2.24) is 5.32 Å². The van der Waals surface area contributed by atoms with Gasteiger partial charge in [0.15, 0.2) is 6.29 Å². The number of hydrogen-bond acceptors (Lipinski definition) is 9. The molecule has 0 aromatic heterocycles. The van der Waals surface area contributed by atoms with Crippen LogP contribution in [0.3, 0.4) is 0 Å². The molecule has 324 valence electrons. The first-order valence-corrected chi connectivity index (χ1v) is 22.7. The molecular formula is C45H85NO9. The third-order valence-corrected chi connectivity index (χ3v) is 10.9. The quantitative estimate of drug-likeness (QED) is 0.0243. The Kier molecular flexibility index (Phi) is 33.6. The standard InChI is InChI=1S/C45H85NO9/c1-3-5-7-9-11-13-15-17-18-19-20-22-24-26-28-30-32-34-39(49)44(53)46-37(36-54-45-43(52)42(51)41(50)40(35-47)55-45)38(48)33-31-29-27-25-23-21-16-14-12-10-8-6-4-2/h23,25,31,33,37-43,45,47-52H,3-22,24,26-30,32,34-36H2,1-2H3,(H,46,53)/b25-23+,33-31+. The lowest BCUT2D eigenvalue weighted by Crippen LogP contribution is -2.60. The molecule has 0 aromatic carbocycles. The lowest BCUT2D eigenvalue weighted by atomic mass is 9.99. The molecule has 0 saturated carbocycles. The Hall–Kier alpha value is -1.37. The van der Waals surface area contributed by atoms with Crippen molar-refractivity contribution >= 4 is 5.91 Å². The molecule has 1 aliphatic heterocycles. The number of allylic oxidation sites excluding steroid dienone is 3. The number of carbonyl (C=O) groups is 1. The number of aliphatic hydroxyl groups is 6. The van der Waals surface area contributed by atoms with Crippen LogP contribution >= 0.6 is 0 Å². The van der Waals surface area contributed by atoms with Crippen molar-refractivity contribution in [2.45, 2.75) is 243 Å². The van der Waals surface area contributed by atoms with Crippen molar-refractivity contribution in [3.8, 4) is 0 Å². The third-order valence-electron chi connectivity index (χ3n) is 10.9. The van der Waals surface area contributed by atoms with Gasteiger partial charge in [0.05, 0.1) is 25.4 Å². The van der Waals surface area contributed by atoms with Crippen LogP contribution in [0.1, 0.15) is 194 Å². The summed E-state index contributed by atoms with van der Waals surface area (Å²) in [7, 11) is 0. The van der Waals surface area contributed by atoms with Gasteiger partial charge in [-0.3, -0.25) is 4.79 Å². The van der Waals surface area contributed by atoms with Crippen LogP contribution in [0, 0.1) is 0 Å². The molecule has 1 fully saturated rings. The summed E-state index contributed by atoms with van der Waals surface area (Å²) >= 11 is 0. The minimum Gasteiger partial charge on any atom is -0.394 e. The second-order valence-corrected chi connectivity index (χ2v) is 16.0. The molecule has 1 amide bonds. The van der Waals surface area contributed by atoms with Gasteiger partial charge in [-0.05, 0) is 32.1 Å². The number of ether oxygens (including phenoxy) is 2. The van der Waals surface area contributed by atoms with Crippen LogP contribution in [0.2, 0.25) is 0 Å². The Balaban J connectivity index is 2.43. The minimum atomic E-state index is -1.61. The van der Waals surface area contributed by atoms with Crippen LogP contribution in [-0.4, -0.2) is 98.7 Å². The van der Waals surface area contributed by atoms with Crippen molar-refractivity contribution < 1.29 is 44.9 Å². The molecule has 10 heteroatoms. The lowest BCUT2D eigenvalue weighted by molar-refractivity contribution is -0.302. The summed E-state index contributed by atoms with van der Waals surface area (Å²) in [5.41, 5.74) is 0. The summed E-state index contributed by atoms with van der Waals surface area (Å²) in [4.78, 5) is 13.0. The maximum Gasteiger partial charge on any atom is 0.249 e. The predicted molar refractivity (Wildman–Crippen MR) is 223 cm³/mol. The van der Waals surface area contributed by atoms with E-state index in [0.29, 0.717) is 19.3 Å². The van der Waals surface area contributed by atoms with Gasteiger partial charge in [0, 0.05) is 0 Å². The highest BCUT2D eigenvalue weighted by atomic mass is 16.7. The molecule has 1 rings (SSSR count). The van der Waals surface area contributed by atoms with Crippen molar-refractivity contribution in [2.24, 2.45) is 0 Å². The fourth-order valence-electron chi connectivity index (χ4n) is 7.12. The van der Waals surface area contributed by atoms with E-state index >= 15 is 0 Å².